The van der Waals surface area contributed by atoms with E-state index in [0.29, 0.717) is 16.5 Å². The number of benzene rings is 1. The van der Waals surface area contributed by atoms with Crippen molar-refractivity contribution in [3.05, 3.63) is 33.8 Å². The summed E-state index contributed by atoms with van der Waals surface area (Å²) in [4.78, 5) is 11.5. The summed E-state index contributed by atoms with van der Waals surface area (Å²) in [6.07, 6.45) is 0.608. The van der Waals surface area contributed by atoms with Gasteiger partial charge in [0.25, 0.3) is 0 Å². The van der Waals surface area contributed by atoms with Gasteiger partial charge in [-0.15, -0.1) is 0 Å². The Hall–Kier alpha value is -0.0500. The molecule has 1 rings (SSSR count). The van der Waals surface area contributed by atoms with Crippen LogP contribution in [0.4, 0.5) is 0 Å². The highest BCUT2D eigenvalue weighted by Gasteiger charge is 2.18. The first kappa shape index (κ1) is 14.0. The average molecular weight is 324 g/mol. The van der Waals surface area contributed by atoms with E-state index in [1.54, 1.807) is 6.07 Å². The van der Waals surface area contributed by atoms with Crippen LogP contribution in [-0.4, -0.2) is 10.6 Å². The lowest BCUT2D eigenvalue weighted by Crippen LogP contribution is -2.21. The summed E-state index contributed by atoms with van der Waals surface area (Å²) in [5.41, 5.74) is 0.966. The van der Waals surface area contributed by atoms with Crippen molar-refractivity contribution in [1.29, 1.82) is 0 Å². The van der Waals surface area contributed by atoms with Gasteiger partial charge in [0.2, 0.25) is 0 Å². The Morgan fingerprint density at radius 3 is 2.19 bits per heavy atom. The summed E-state index contributed by atoms with van der Waals surface area (Å²) in [5.74, 6) is 0.218. The molecule has 0 heterocycles. The molecule has 1 nitrogen and oxygen atoms in total. The molecule has 0 radical (unpaired) electrons. The van der Waals surface area contributed by atoms with Crippen LogP contribution in [0.1, 0.15) is 19.4 Å². The van der Waals surface area contributed by atoms with Gasteiger partial charge in [-0.1, -0.05) is 53.0 Å². The fourth-order valence-corrected chi connectivity index (χ4v) is 2.87. The van der Waals surface area contributed by atoms with Gasteiger partial charge in [-0.25, -0.2) is 0 Å². The normalized spacial score (nSPS) is 12.9. The lowest BCUT2D eigenvalue weighted by Gasteiger charge is -2.11. The van der Waals surface area contributed by atoms with Gasteiger partial charge < -0.3 is 0 Å². The van der Waals surface area contributed by atoms with Crippen LogP contribution in [0.3, 0.4) is 0 Å². The Labute approximate surface area is 114 Å². The molecule has 4 heteroatoms. The van der Waals surface area contributed by atoms with Crippen molar-refractivity contribution in [2.75, 3.05) is 0 Å². The van der Waals surface area contributed by atoms with E-state index in [4.69, 9.17) is 23.2 Å². The molecule has 0 spiro atoms. The zero-order valence-electron chi connectivity index (χ0n) is 9.14. The van der Waals surface area contributed by atoms with E-state index in [0.717, 1.165) is 5.56 Å². The molecule has 16 heavy (non-hydrogen) atoms. The highest BCUT2D eigenvalue weighted by Crippen LogP contribution is 2.22. The predicted octanol–water partition coefficient (Wildman–Crippen LogP) is 4.52. The van der Waals surface area contributed by atoms with Crippen molar-refractivity contribution in [3.8, 4) is 0 Å². The fraction of sp³-hybridized carbons (Fsp3) is 0.417. The molecule has 0 saturated carbocycles. The van der Waals surface area contributed by atoms with Crippen LogP contribution in [0.25, 0.3) is 0 Å². The van der Waals surface area contributed by atoms with Gasteiger partial charge in [-0.05, 0) is 30.2 Å². The molecule has 0 aliphatic rings. The smallest absolute Gasteiger partial charge is 0.149 e. The third kappa shape index (κ3) is 4.08. The highest BCUT2D eigenvalue weighted by molar-refractivity contribution is 9.10. The minimum absolute atomic E-state index is 0.0269. The molecule has 0 N–H and O–H groups in total. The van der Waals surface area contributed by atoms with Crippen LogP contribution in [0.5, 0.6) is 0 Å². The largest absolute Gasteiger partial charge is 0.298 e. The van der Waals surface area contributed by atoms with Crippen LogP contribution in [0.2, 0.25) is 10.0 Å². The lowest BCUT2D eigenvalue weighted by molar-refractivity contribution is -0.121. The van der Waals surface area contributed by atoms with Gasteiger partial charge in [-0.2, -0.15) is 0 Å². The third-order valence-electron chi connectivity index (χ3n) is 2.22. The number of hydrogen-bond donors (Lipinski definition) is 0. The molecule has 1 atom stereocenters. The number of halogens is 3. The number of carbonyl (C=O) groups excluding carboxylic acids is 1. The molecule has 0 aromatic heterocycles. The van der Waals surface area contributed by atoms with Crippen molar-refractivity contribution in [1.82, 2.24) is 0 Å². The van der Waals surface area contributed by atoms with Gasteiger partial charge in [0.1, 0.15) is 5.78 Å². The van der Waals surface area contributed by atoms with Crippen LogP contribution in [-0.2, 0) is 11.2 Å². The molecule has 0 amide bonds. The summed E-state index contributed by atoms with van der Waals surface area (Å²) in [7, 11) is 0. The maximum atomic E-state index is 11.7. The second-order valence-electron chi connectivity index (χ2n) is 4.01. The maximum absolute atomic E-state index is 11.7. The molecule has 0 saturated heterocycles. The summed E-state index contributed by atoms with van der Waals surface area (Å²) in [6, 6.07) is 5.34. The number of alkyl halides is 1. The molecule has 1 aromatic rings. The Balaban J connectivity index is 2.76. The number of rotatable bonds is 4. The molecule has 0 bridgehead atoms. The van der Waals surface area contributed by atoms with Gasteiger partial charge in [-0.3, -0.25) is 4.79 Å². The molecule has 1 aromatic carbocycles. The van der Waals surface area contributed by atoms with Gasteiger partial charge in [0.05, 0.1) is 4.83 Å². The van der Waals surface area contributed by atoms with Crippen molar-refractivity contribution >= 4 is 44.9 Å². The van der Waals surface area contributed by atoms with E-state index in [-0.39, 0.29) is 16.5 Å². The van der Waals surface area contributed by atoms with Crippen molar-refractivity contribution < 1.29 is 4.79 Å². The molecule has 88 valence electrons. The van der Waals surface area contributed by atoms with Crippen LogP contribution in [0, 0.1) is 5.92 Å². The minimum Gasteiger partial charge on any atom is -0.298 e. The summed E-state index contributed by atoms with van der Waals surface area (Å²) < 4.78 is 0. The summed E-state index contributed by atoms with van der Waals surface area (Å²) in [6.45, 7) is 3.78. The second-order valence-corrected chi connectivity index (χ2v) is 5.98. The molecular weight excluding hydrogens is 311 g/mol. The standard InChI is InChI=1S/C12H13BrCl2O/c1-7(2)12(16)11(13)5-8-3-9(14)6-10(15)4-8/h3-4,6-7,11H,5H2,1-2H3. The number of ketones is 1. The van der Waals surface area contributed by atoms with E-state index in [9.17, 15) is 4.79 Å². The quantitative estimate of drug-likeness (QED) is 0.744. The Bertz CT molecular complexity index is 370. The number of carbonyl (C=O) groups is 1. The van der Waals surface area contributed by atoms with Crippen molar-refractivity contribution in [2.24, 2.45) is 5.92 Å². The van der Waals surface area contributed by atoms with E-state index in [1.165, 1.54) is 0 Å². The van der Waals surface area contributed by atoms with E-state index < -0.39 is 0 Å². The molecule has 0 aliphatic heterocycles. The monoisotopic (exact) mass is 322 g/mol. The number of hydrogen-bond acceptors (Lipinski definition) is 1. The second kappa shape index (κ2) is 6.04. The van der Waals surface area contributed by atoms with Gasteiger partial charge in [0.15, 0.2) is 0 Å². The van der Waals surface area contributed by atoms with Crippen LogP contribution in [0.15, 0.2) is 18.2 Å². The predicted molar refractivity (Wildman–Crippen MR) is 72.7 cm³/mol. The van der Waals surface area contributed by atoms with E-state index in [2.05, 4.69) is 15.9 Å². The zero-order chi connectivity index (χ0) is 12.3. The SMILES string of the molecule is CC(C)C(=O)C(Br)Cc1cc(Cl)cc(Cl)c1. The topological polar surface area (TPSA) is 17.1 Å². The van der Waals surface area contributed by atoms with Gasteiger partial charge >= 0.3 is 0 Å². The molecule has 1 unspecified atom stereocenters. The molecular formula is C12H13BrCl2O. The zero-order valence-corrected chi connectivity index (χ0v) is 12.2. The minimum atomic E-state index is -0.179. The fourth-order valence-electron chi connectivity index (χ4n) is 1.40. The average Bonchev–Trinajstić information content (AvgIpc) is 2.14. The summed E-state index contributed by atoms with van der Waals surface area (Å²) >= 11 is 15.2. The first-order valence-electron chi connectivity index (χ1n) is 5.03. The Morgan fingerprint density at radius 2 is 1.75 bits per heavy atom. The highest BCUT2D eigenvalue weighted by atomic mass is 79.9. The van der Waals surface area contributed by atoms with E-state index in [1.807, 2.05) is 26.0 Å². The Kier molecular flexibility index (Phi) is 5.29. The van der Waals surface area contributed by atoms with E-state index >= 15 is 0 Å². The van der Waals surface area contributed by atoms with Crippen LogP contribution < -0.4 is 0 Å². The Morgan fingerprint density at radius 1 is 1.25 bits per heavy atom. The maximum Gasteiger partial charge on any atom is 0.149 e. The molecule has 0 fully saturated rings. The summed E-state index contributed by atoms with van der Waals surface area (Å²) in [5, 5.41) is 1.19. The lowest BCUT2D eigenvalue weighted by atomic mass is 10.0. The van der Waals surface area contributed by atoms with Crippen LogP contribution >= 0.6 is 39.1 Å². The first-order chi connectivity index (χ1) is 7.40. The molecule has 0 aliphatic carbocycles. The van der Waals surface area contributed by atoms with Crippen molar-refractivity contribution in [3.63, 3.8) is 0 Å². The van der Waals surface area contributed by atoms with Gasteiger partial charge in [0, 0.05) is 16.0 Å². The number of Topliss-reactive ketones (excluding diaryl/α,β-unsaturated/α-hetero) is 1. The van der Waals surface area contributed by atoms with Crippen molar-refractivity contribution in [2.45, 2.75) is 25.1 Å². The third-order valence-corrected chi connectivity index (χ3v) is 3.43. The first-order valence-corrected chi connectivity index (χ1v) is 6.70.